The normalized spacial score (nSPS) is 21.3. The SMILES string of the molecule is C=C1C[C@](CC)(OC(C)C)c2cc3n(c(=O)c2CO1)Cc1c-3nc2cc(Cl)c(C)cc2c1CN1CCC(C)CC1. The minimum absolute atomic E-state index is 0.0201. The Morgan fingerprint density at radius 1 is 1.23 bits per heavy atom. The average molecular weight is 562 g/mol. The van der Waals surface area contributed by atoms with Gasteiger partial charge in [-0.15, -0.1) is 0 Å². The van der Waals surface area contributed by atoms with Crippen molar-refractivity contribution in [2.45, 2.75) is 91.7 Å². The number of pyridine rings is 2. The van der Waals surface area contributed by atoms with Crippen LogP contribution in [0.2, 0.25) is 5.02 Å². The van der Waals surface area contributed by atoms with Crippen molar-refractivity contribution in [2.75, 3.05) is 13.1 Å². The molecule has 3 aliphatic rings. The summed E-state index contributed by atoms with van der Waals surface area (Å²) in [5.74, 6) is 1.41. The van der Waals surface area contributed by atoms with Gasteiger partial charge in [0.2, 0.25) is 0 Å². The Bertz CT molecular complexity index is 1570. The molecule has 0 radical (unpaired) electrons. The molecular weight excluding hydrogens is 522 g/mol. The molecule has 1 saturated heterocycles. The number of piperidine rings is 1. The molecule has 7 heteroatoms. The van der Waals surface area contributed by atoms with Gasteiger partial charge in [-0.1, -0.05) is 32.0 Å². The van der Waals surface area contributed by atoms with E-state index in [2.05, 4.69) is 37.5 Å². The number of nitrogens with zero attached hydrogens (tertiary/aromatic N) is 3. The van der Waals surface area contributed by atoms with Crippen LogP contribution in [0, 0.1) is 12.8 Å². The van der Waals surface area contributed by atoms with E-state index in [4.69, 9.17) is 26.1 Å². The molecule has 0 bridgehead atoms. The number of likely N-dealkylation sites (tertiary alicyclic amines) is 1. The fraction of sp³-hybridized carbons (Fsp3) is 0.515. The number of ether oxygens (including phenoxy) is 2. The van der Waals surface area contributed by atoms with E-state index in [1.807, 2.05) is 31.4 Å². The van der Waals surface area contributed by atoms with Gasteiger partial charge >= 0.3 is 0 Å². The number of hydrogen-bond donors (Lipinski definition) is 0. The second kappa shape index (κ2) is 10.3. The second-order valence-corrected chi connectivity index (χ2v) is 12.7. The van der Waals surface area contributed by atoms with E-state index in [-0.39, 0.29) is 18.3 Å². The van der Waals surface area contributed by atoms with Crippen LogP contribution in [0.15, 0.2) is 35.3 Å². The molecule has 1 fully saturated rings. The molecule has 40 heavy (non-hydrogen) atoms. The van der Waals surface area contributed by atoms with Crippen molar-refractivity contribution in [3.63, 3.8) is 0 Å². The highest BCUT2D eigenvalue weighted by Gasteiger charge is 2.41. The van der Waals surface area contributed by atoms with Crippen molar-refractivity contribution >= 4 is 22.5 Å². The Labute approximate surface area is 241 Å². The summed E-state index contributed by atoms with van der Waals surface area (Å²) in [4.78, 5) is 21.9. The molecule has 3 aliphatic heterocycles. The maximum absolute atomic E-state index is 14.2. The molecule has 3 aromatic rings. The standard InChI is InChI=1S/C33H40ClN3O3/c1-7-33(40-19(2)3)15-22(6)39-18-26-27(33)13-30-31-25(17-37(30)32(26)38)24(16-36-10-8-20(4)9-11-36)23-12-21(5)28(34)14-29(23)35-31/h12-14,19-20H,6-11,15-18H2,1-5H3/t33-/m0/s1. The summed E-state index contributed by atoms with van der Waals surface area (Å²) in [5.41, 5.74) is 6.91. The highest BCUT2D eigenvalue weighted by molar-refractivity contribution is 6.32. The zero-order valence-corrected chi connectivity index (χ0v) is 25.2. The molecule has 0 unspecified atom stereocenters. The van der Waals surface area contributed by atoms with Crippen molar-refractivity contribution in [2.24, 2.45) is 5.92 Å². The van der Waals surface area contributed by atoms with Crippen molar-refractivity contribution in [3.05, 3.63) is 73.7 Å². The van der Waals surface area contributed by atoms with E-state index in [0.29, 0.717) is 35.7 Å². The largest absolute Gasteiger partial charge is 0.494 e. The Hall–Kier alpha value is -2.67. The lowest BCUT2D eigenvalue weighted by Crippen LogP contribution is -2.36. The number of aryl methyl sites for hydroxylation is 1. The first-order valence-corrected chi connectivity index (χ1v) is 15.1. The Morgan fingerprint density at radius 3 is 2.67 bits per heavy atom. The molecule has 6 rings (SSSR count). The average Bonchev–Trinajstić information content (AvgIpc) is 3.21. The first-order chi connectivity index (χ1) is 19.1. The van der Waals surface area contributed by atoms with Gasteiger partial charge in [0.1, 0.15) is 12.2 Å². The van der Waals surface area contributed by atoms with Gasteiger partial charge < -0.3 is 14.0 Å². The van der Waals surface area contributed by atoms with Crippen LogP contribution in [-0.4, -0.2) is 33.6 Å². The van der Waals surface area contributed by atoms with E-state index in [9.17, 15) is 4.79 Å². The molecule has 0 N–H and O–H groups in total. The molecule has 2 aromatic heterocycles. The molecule has 1 aromatic carbocycles. The molecule has 0 spiro atoms. The molecular formula is C33H40ClN3O3. The maximum Gasteiger partial charge on any atom is 0.258 e. The molecule has 1 atom stereocenters. The zero-order chi connectivity index (χ0) is 28.3. The van der Waals surface area contributed by atoms with Crippen LogP contribution in [-0.2, 0) is 34.8 Å². The van der Waals surface area contributed by atoms with Crippen molar-refractivity contribution in [1.29, 1.82) is 0 Å². The van der Waals surface area contributed by atoms with E-state index in [1.54, 1.807) is 0 Å². The Balaban J connectivity index is 1.57. The van der Waals surface area contributed by atoms with Crippen LogP contribution in [0.4, 0.5) is 0 Å². The predicted octanol–water partition coefficient (Wildman–Crippen LogP) is 7.08. The fourth-order valence-electron chi connectivity index (χ4n) is 6.85. The van der Waals surface area contributed by atoms with Crippen molar-refractivity contribution in [1.82, 2.24) is 14.5 Å². The lowest BCUT2D eigenvalue weighted by atomic mass is 9.84. The highest BCUT2D eigenvalue weighted by atomic mass is 35.5. The van der Waals surface area contributed by atoms with Gasteiger partial charge in [-0.25, -0.2) is 4.98 Å². The molecule has 0 amide bonds. The Kier molecular flexibility index (Phi) is 7.09. The molecule has 0 saturated carbocycles. The third-order valence-corrected chi connectivity index (χ3v) is 9.54. The summed E-state index contributed by atoms with van der Waals surface area (Å²) in [7, 11) is 0. The second-order valence-electron chi connectivity index (χ2n) is 12.3. The minimum atomic E-state index is -0.681. The smallest absolute Gasteiger partial charge is 0.258 e. The first kappa shape index (κ1) is 27.5. The van der Waals surface area contributed by atoms with E-state index >= 15 is 0 Å². The topological polar surface area (TPSA) is 56.6 Å². The first-order valence-electron chi connectivity index (χ1n) is 14.7. The van der Waals surface area contributed by atoms with Gasteiger partial charge in [-0.05, 0) is 93.9 Å². The number of halogens is 1. The Morgan fingerprint density at radius 2 is 1.98 bits per heavy atom. The van der Waals surface area contributed by atoms with Crippen LogP contribution in [0.5, 0.6) is 0 Å². The third kappa shape index (κ3) is 4.58. The molecule has 0 aliphatic carbocycles. The van der Waals surface area contributed by atoms with Crippen molar-refractivity contribution < 1.29 is 9.47 Å². The lowest BCUT2D eigenvalue weighted by Gasteiger charge is -2.35. The zero-order valence-electron chi connectivity index (χ0n) is 24.4. The van der Waals surface area contributed by atoms with Gasteiger partial charge in [0.25, 0.3) is 5.56 Å². The van der Waals surface area contributed by atoms with Gasteiger partial charge in [0.05, 0.1) is 40.9 Å². The predicted molar refractivity (Wildman–Crippen MR) is 161 cm³/mol. The van der Waals surface area contributed by atoms with Crippen LogP contribution >= 0.6 is 11.6 Å². The summed E-state index contributed by atoms with van der Waals surface area (Å²) in [6.45, 7) is 18.4. The fourth-order valence-corrected chi connectivity index (χ4v) is 7.00. The number of fused-ring (bicyclic) bond motifs is 5. The summed E-state index contributed by atoms with van der Waals surface area (Å²) >= 11 is 6.61. The maximum atomic E-state index is 14.2. The minimum Gasteiger partial charge on any atom is -0.494 e. The van der Waals surface area contributed by atoms with Crippen LogP contribution in [0.1, 0.15) is 81.2 Å². The summed E-state index contributed by atoms with van der Waals surface area (Å²) in [6.07, 6.45) is 3.62. The number of benzene rings is 1. The number of aromatic nitrogens is 2. The summed E-state index contributed by atoms with van der Waals surface area (Å²) in [6, 6.07) is 6.30. The van der Waals surface area contributed by atoms with E-state index in [0.717, 1.165) is 64.5 Å². The summed E-state index contributed by atoms with van der Waals surface area (Å²) in [5, 5.41) is 1.84. The summed E-state index contributed by atoms with van der Waals surface area (Å²) < 4.78 is 14.5. The van der Waals surface area contributed by atoms with E-state index in [1.165, 1.54) is 18.4 Å². The van der Waals surface area contributed by atoms with Gasteiger partial charge in [-0.2, -0.15) is 0 Å². The third-order valence-electron chi connectivity index (χ3n) is 9.13. The highest BCUT2D eigenvalue weighted by Crippen LogP contribution is 2.44. The molecule has 212 valence electrons. The van der Waals surface area contributed by atoms with Gasteiger partial charge in [0, 0.05) is 28.9 Å². The van der Waals surface area contributed by atoms with Crippen LogP contribution in [0.3, 0.4) is 0 Å². The van der Waals surface area contributed by atoms with E-state index < -0.39 is 5.60 Å². The lowest BCUT2D eigenvalue weighted by molar-refractivity contribution is -0.0916. The quantitative estimate of drug-likeness (QED) is 0.260. The monoisotopic (exact) mass is 561 g/mol. The van der Waals surface area contributed by atoms with Gasteiger partial charge in [0.15, 0.2) is 0 Å². The van der Waals surface area contributed by atoms with Crippen LogP contribution < -0.4 is 5.56 Å². The number of rotatable bonds is 5. The van der Waals surface area contributed by atoms with Gasteiger partial charge in [-0.3, -0.25) is 9.69 Å². The van der Waals surface area contributed by atoms with Crippen molar-refractivity contribution in [3.8, 4) is 11.4 Å². The molecule has 5 heterocycles. The number of hydrogen-bond acceptors (Lipinski definition) is 5. The van der Waals surface area contributed by atoms with Crippen LogP contribution in [0.25, 0.3) is 22.3 Å². The molecule has 6 nitrogen and oxygen atoms in total.